The molecule has 0 radical (unpaired) electrons. The summed E-state index contributed by atoms with van der Waals surface area (Å²) in [7, 11) is 0. The van der Waals surface area contributed by atoms with Crippen LogP contribution in [-0.2, 0) is 5.60 Å². The van der Waals surface area contributed by atoms with Crippen molar-refractivity contribution in [3.63, 3.8) is 0 Å². The molecule has 0 saturated heterocycles. The summed E-state index contributed by atoms with van der Waals surface area (Å²) in [6.45, 7) is 0. The van der Waals surface area contributed by atoms with E-state index in [0.29, 0.717) is 6.07 Å². The zero-order valence-corrected chi connectivity index (χ0v) is 9.10. The Morgan fingerprint density at radius 3 is 1.89 bits per heavy atom. The first kappa shape index (κ1) is 13.7. The topological polar surface area (TPSA) is 36.0 Å². The van der Waals surface area contributed by atoms with Crippen molar-refractivity contribution in [3.8, 4) is 0 Å². The molecular weight excluding hydrogens is 276 g/mol. The Labute approximate surface area is 102 Å². The molecule has 0 spiro atoms. The third-order valence-electron chi connectivity index (χ3n) is 2.74. The molecule has 104 valence electrons. The molecule has 0 aliphatic heterocycles. The van der Waals surface area contributed by atoms with E-state index in [1.165, 1.54) is 24.3 Å². The highest BCUT2D eigenvalue weighted by molar-refractivity contribution is 5.80. The van der Waals surface area contributed by atoms with Gasteiger partial charge < -0.3 is 10.1 Å². The molecule has 1 aromatic heterocycles. The van der Waals surface area contributed by atoms with Crippen molar-refractivity contribution in [1.29, 1.82) is 0 Å². The number of aliphatic hydroxyl groups is 1. The van der Waals surface area contributed by atoms with Crippen LogP contribution >= 0.6 is 0 Å². The van der Waals surface area contributed by atoms with Crippen molar-refractivity contribution in [2.75, 3.05) is 0 Å². The fraction of sp³-hybridized carbons (Fsp3) is 0.273. The Balaban J connectivity index is 2.69. The molecule has 2 N–H and O–H groups in total. The zero-order valence-electron chi connectivity index (χ0n) is 9.10. The number of hydrogen-bond donors (Lipinski definition) is 2. The second-order valence-corrected chi connectivity index (χ2v) is 3.98. The Morgan fingerprint density at radius 2 is 1.42 bits per heavy atom. The number of H-pyrrole nitrogens is 1. The standard InChI is InChI=1S/C11H7F6NO/c12-10(13,14)9(19,11(15,16)17)8-5-6-3-1-2-4-7(6)18-8/h1-5,18-19H. The summed E-state index contributed by atoms with van der Waals surface area (Å²) in [5, 5.41) is 9.32. The maximum atomic E-state index is 12.6. The summed E-state index contributed by atoms with van der Waals surface area (Å²) in [4.78, 5) is 1.96. The Hall–Kier alpha value is -1.70. The van der Waals surface area contributed by atoms with E-state index in [1.807, 2.05) is 4.98 Å². The molecule has 0 atom stereocenters. The molecule has 0 amide bonds. The van der Waals surface area contributed by atoms with E-state index in [-0.39, 0.29) is 10.9 Å². The van der Waals surface area contributed by atoms with Crippen LogP contribution in [0.15, 0.2) is 30.3 Å². The molecule has 0 fully saturated rings. The first-order valence-electron chi connectivity index (χ1n) is 5.01. The number of benzene rings is 1. The van der Waals surface area contributed by atoms with Gasteiger partial charge in [0.05, 0.1) is 5.69 Å². The molecule has 1 aromatic carbocycles. The lowest BCUT2D eigenvalue weighted by Crippen LogP contribution is -2.54. The fourth-order valence-corrected chi connectivity index (χ4v) is 1.73. The lowest BCUT2D eigenvalue weighted by atomic mass is 9.98. The summed E-state index contributed by atoms with van der Waals surface area (Å²) in [6, 6.07) is 6.19. The van der Waals surface area contributed by atoms with Crippen molar-refractivity contribution in [2.45, 2.75) is 18.0 Å². The monoisotopic (exact) mass is 283 g/mol. The SMILES string of the molecule is OC(c1cc2ccccc2[nH]1)(C(F)(F)F)C(F)(F)F. The van der Waals surface area contributed by atoms with Gasteiger partial charge in [-0.1, -0.05) is 18.2 Å². The van der Waals surface area contributed by atoms with Crippen LogP contribution in [0.3, 0.4) is 0 Å². The summed E-state index contributed by atoms with van der Waals surface area (Å²) < 4.78 is 75.7. The lowest BCUT2D eigenvalue weighted by molar-refractivity contribution is -0.377. The minimum atomic E-state index is -5.88. The highest BCUT2D eigenvalue weighted by atomic mass is 19.4. The van der Waals surface area contributed by atoms with E-state index < -0.39 is 23.6 Å². The van der Waals surface area contributed by atoms with Gasteiger partial charge >= 0.3 is 12.4 Å². The van der Waals surface area contributed by atoms with Gasteiger partial charge in [0.15, 0.2) is 0 Å². The summed E-state index contributed by atoms with van der Waals surface area (Å²) in [5.74, 6) is 0. The van der Waals surface area contributed by atoms with Crippen molar-refractivity contribution in [3.05, 3.63) is 36.0 Å². The van der Waals surface area contributed by atoms with Crippen LogP contribution in [0.1, 0.15) is 5.69 Å². The van der Waals surface area contributed by atoms with Gasteiger partial charge in [-0.3, -0.25) is 0 Å². The lowest BCUT2D eigenvalue weighted by Gasteiger charge is -2.31. The average Bonchev–Trinajstić information content (AvgIpc) is 2.68. The summed E-state index contributed by atoms with van der Waals surface area (Å²) in [6.07, 6.45) is -11.8. The highest BCUT2D eigenvalue weighted by Crippen LogP contribution is 2.50. The highest BCUT2D eigenvalue weighted by Gasteiger charge is 2.72. The van der Waals surface area contributed by atoms with Gasteiger partial charge in [-0.15, -0.1) is 0 Å². The first-order chi connectivity index (χ1) is 8.57. The molecular formula is C11H7F6NO. The maximum absolute atomic E-state index is 12.6. The van der Waals surface area contributed by atoms with Crippen LogP contribution < -0.4 is 0 Å². The maximum Gasteiger partial charge on any atom is 0.432 e. The van der Waals surface area contributed by atoms with Gasteiger partial charge in [0, 0.05) is 5.52 Å². The predicted molar refractivity (Wildman–Crippen MR) is 54.3 cm³/mol. The van der Waals surface area contributed by atoms with Crippen LogP contribution in [0.2, 0.25) is 0 Å². The zero-order chi connectivity index (χ0) is 14.5. The molecule has 0 aliphatic rings. The molecule has 2 aromatic rings. The van der Waals surface area contributed by atoms with E-state index in [2.05, 4.69) is 0 Å². The van der Waals surface area contributed by atoms with E-state index in [9.17, 15) is 31.4 Å². The van der Waals surface area contributed by atoms with Crippen molar-refractivity contribution >= 4 is 10.9 Å². The Bertz CT molecular complexity index is 550. The number of aromatic amines is 1. The third-order valence-corrected chi connectivity index (χ3v) is 2.74. The second kappa shape index (κ2) is 3.89. The summed E-state index contributed by atoms with van der Waals surface area (Å²) in [5.41, 5.74) is -6.20. The van der Waals surface area contributed by atoms with E-state index in [4.69, 9.17) is 0 Å². The number of alkyl halides is 6. The largest absolute Gasteiger partial charge is 0.432 e. The van der Waals surface area contributed by atoms with Crippen molar-refractivity contribution < 1.29 is 31.4 Å². The number of hydrogen-bond acceptors (Lipinski definition) is 1. The minimum absolute atomic E-state index is 0.0735. The fourth-order valence-electron chi connectivity index (χ4n) is 1.73. The van der Waals surface area contributed by atoms with Gasteiger partial charge in [0.1, 0.15) is 0 Å². The van der Waals surface area contributed by atoms with Crippen molar-refractivity contribution in [2.24, 2.45) is 0 Å². The van der Waals surface area contributed by atoms with Crippen LogP contribution in [0, 0.1) is 0 Å². The molecule has 0 bridgehead atoms. The molecule has 2 rings (SSSR count). The number of para-hydroxylation sites is 1. The normalized spacial score (nSPS) is 14.1. The predicted octanol–water partition coefficient (Wildman–Crippen LogP) is 3.48. The quantitative estimate of drug-likeness (QED) is 0.772. The van der Waals surface area contributed by atoms with Gasteiger partial charge in [0.2, 0.25) is 0 Å². The molecule has 2 nitrogen and oxygen atoms in total. The van der Waals surface area contributed by atoms with Crippen LogP contribution in [-0.4, -0.2) is 22.4 Å². The van der Waals surface area contributed by atoms with E-state index >= 15 is 0 Å². The average molecular weight is 283 g/mol. The molecule has 0 saturated carbocycles. The number of halogens is 6. The van der Waals surface area contributed by atoms with Gasteiger partial charge in [-0.25, -0.2) is 0 Å². The second-order valence-electron chi connectivity index (χ2n) is 3.98. The number of rotatable bonds is 1. The molecule has 0 aliphatic carbocycles. The third kappa shape index (κ3) is 1.95. The van der Waals surface area contributed by atoms with Crippen LogP contribution in [0.25, 0.3) is 10.9 Å². The van der Waals surface area contributed by atoms with Gasteiger partial charge in [-0.2, -0.15) is 26.3 Å². The minimum Gasteiger partial charge on any atom is -0.368 e. The molecule has 1 heterocycles. The molecule has 19 heavy (non-hydrogen) atoms. The first-order valence-corrected chi connectivity index (χ1v) is 5.01. The number of nitrogens with one attached hydrogen (secondary N) is 1. The smallest absolute Gasteiger partial charge is 0.368 e. The van der Waals surface area contributed by atoms with E-state index in [1.54, 1.807) is 0 Å². The van der Waals surface area contributed by atoms with Crippen LogP contribution in [0.4, 0.5) is 26.3 Å². The van der Waals surface area contributed by atoms with Crippen molar-refractivity contribution in [1.82, 2.24) is 4.98 Å². The van der Waals surface area contributed by atoms with Gasteiger partial charge in [0.25, 0.3) is 5.60 Å². The summed E-state index contributed by atoms with van der Waals surface area (Å²) >= 11 is 0. The Kier molecular flexibility index (Phi) is 2.81. The van der Waals surface area contributed by atoms with Gasteiger partial charge in [-0.05, 0) is 17.5 Å². The van der Waals surface area contributed by atoms with Crippen LogP contribution in [0.5, 0.6) is 0 Å². The number of fused-ring (bicyclic) bond motifs is 1. The molecule has 8 heteroatoms. The Morgan fingerprint density at radius 1 is 0.895 bits per heavy atom. The van der Waals surface area contributed by atoms with E-state index in [0.717, 1.165) is 0 Å². The number of aromatic nitrogens is 1. The molecule has 0 unspecified atom stereocenters.